The Morgan fingerprint density at radius 2 is 1.72 bits per heavy atom. The van der Waals surface area contributed by atoms with Crippen LogP contribution in [0, 0.1) is 0 Å². The van der Waals surface area contributed by atoms with Crippen molar-refractivity contribution in [1.82, 2.24) is 21.3 Å². The highest BCUT2D eigenvalue weighted by Gasteiger charge is 2.33. The summed E-state index contributed by atoms with van der Waals surface area (Å²) in [6.45, 7) is 2.41. The fraction of sp³-hybridized carbons (Fsp3) is 0.583. The molecular weight excluding hydrogens is 470 g/mol. The SMILES string of the molecule is CC(O)C(NC(=O)C1CCCN1)C(=O)NC(CCCCN)C(=O)NC(Cc1ccc(O)cc1)C(=O)O. The van der Waals surface area contributed by atoms with Crippen LogP contribution < -0.4 is 27.0 Å². The van der Waals surface area contributed by atoms with Crippen molar-refractivity contribution in [2.24, 2.45) is 5.73 Å². The zero-order chi connectivity index (χ0) is 26.7. The molecule has 1 fully saturated rings. The van der Waals surface area contributed by atoms with Gasteiger partial charge < -0.3 is 42.3 Å². The van der Waals surface area contributed by atoms with Crippen molar-refractivity contribution in [3.63, 3.8) is 0 Å². The molecule has 0 bridgehead atoms. The lowest BCUT2D eigenvalue weighted by atomic mass is 10.0. The second kappa shape index (κ2) is 14.4. The van der Waals surface area contributed by atoms with Gasteiger partial charge in [-0.25, -0.2) is 4.79 Å². The smallest absolute Gasteiger partial charge is 0.326 e. The minimum absolute atomic E-state index is 0.0285. The van der Waals surface area contributed by atoms with Crippen molar-refractivity contribution in [2.75, 3.05) is 13.1 Å². The zero-order valence-corrected chi connectivity index (χ0v) is 20.4. The molecule has 1 aliphatic rings. The van der Waals surface area contributed by atoms with Crippen LogP contribution in [0.5, 0.6) is 5.75 Å². The number of unbranched alkanes of at least 4 members (excludes halogenated alkanes) is 1. The maximum absolute atomic E-state index is 13.0. The van der Waals surface area contributed by atoms with Crippen LogP contribution in [0.3, 0.4) is 0 Å². The third kappa shape index (κ3) is 9.10. The summed E-state index contributed by atoms with van der Waals surface area (Å²) in [6.07, 6.45) is 1.42. The van der Waals surface area contributed by atoms with E-state index in [0.717, 1.165) is 6.42 Å². The molecule has 1 aromatic rings. The molecule has 1 heterocycles. The number of aromatic hydroxyl groups is 1. The highest BCUT2D eigenvalue weighted by atomic mass is 16.4. The van der Waals surface area contributed by atoms with Crippen LogP contribution in [0.1, 0.15) is 44.6 Å². The van der Waals surface area contributed by atoms with Crippen LogP contribution in [0.15, 0.2) is 24.3 Å². The molecule has 1 saturated heterocycles. The van der Waals surface area contributed by atoms with E-state index in [9.17, 15) is 34.5 Å². The van der Waals surface area contributed by atoms with E-state index >= 15 is 0 Å². The molecule has 9 N–H and O–H groups in total. The van der Waals surface area contributed by atoms with Crippen LogP contribution in [0.2, 0.25) is 0 Å². The van der Waals surface area contributed by atoms with Gasteiger partial charge in [-0.05, 0) is 69.8 Å². The van der Waals surface area contributed by atoms with E-state index < -0.39 is 54.0 Å². The summed E-state index contributed by atoms with van der Waals surface area (Å²) < 4.78 is 0. The molecule has 36 heavy (non-hydrogen) atoms. The predicted octanol–water partition coefficient (Wildman–Crippen LogP) is -1.26. The van der Waals surface area contributed by atoms with Crippen molar-refractivity contribution in [3.05, 3.63) is 29.8 Å². The second-order valence-corrected chi connectivity index (χ2v) is 8.99. The highest BCUT2D eigenvalue weighted by Crippen LogP contribution is 2.12. The Bertz CT molecular complexity index is 887. The molecule has 1 aliphatic heterocycles. The predicted molar refractivity (Wildman–Crippen MR) is 131 cm³/mol. The number of phenols is 1. The summed E-state index contributed by atoms with van der Waals surface area (Å²) in [7, 11) is 0. The number of carboxylic acid groups (broad SMARTS) is 1. The van der Waals surface area contributed by atoms with Gasteiger partial charge in [0.25, 0.3) is 0 Å². The first kappa shape index (κ1) is 29.0. The number of aliphatic carboxylic acids is 1. The van der Waals surface area contributed by atoms with Gasteiger partial charge >= 0.3 is 5.97 Å². The number of carbonyl (C=O) groups excluding carboxylic acids is 3. The lowest BCUT2D eigenvalue weighted by molar-refractivity contribution is -0.142. The first-order valence-corrected chi connectivity index (χ1v) is 12.2. The van der Waals surface area contributed by atoms with Crippen molar-refractivity contribution in [2.45, 2.75) is 75.7 Å². The normalized spacial score (nSPS) is 18.5. The first-order valence-electron chi connectivity index (χ1n) is 12.2. The van der Waals surface area contributed by atoms with E-state index in [0.29, 0.717) is 37.9 Å². The summed E-state index contributed by atoms with van der Waals surface area (Å²) in [5.41, 5.74) is 6.13. The van der Waals surface area contributed by atoms with Gasteiger partial charge in [-0.3, -0.25) is 14.4 Å². The summed E-state index contributed by atoms with van der Waals surface area (Å²) in [5, 5.41) is 39.7. The largest absolute Gasteiger partial charge is 0.508 e. The molecule has 12 nitrogen and oxygen atoms in total. The Morgan fingerprint density at radius 3 is 2.28 bits per heavy atom. The van der Waals surface area contributed by atoms with Gasteiger partial charge in [0, 0.05) is 6.42 Å². The number of rotatable bonds is 14. The van der Waals surface area contributed by atoms with Crippen molar-refractivity contribution < 1.29 is 34.5 Å². The van der Waals surface area contributed by atoms with Gasteiger partial charge in [-0.1, -0.05) is 12.1 Å². The first-order chi connectivity index (χ1) is 17.1. The van der Waals surface area contributed by atoms with E-state index in [4.69, 9.17) is 5.73 Å². The minimum atomic E-state index is -1.29. The number of phenolic OH excluding ortho intramolecular Hbond substituents is 1. The Hall–Kier alpha value is -3.22. The summed E-state index contributed by atoms with van der Waals surface area (Å²) in [5.74, 6) is -3.12. The van der Waals surface area contributed by atoms with E-state index in [2.05, 4.69) is 21.3 Å². The number of carbonyl (C=O) groups is 4. The van der Waals surface area contributed by atoms with Gasteiger partial charge in [0.15, 0.2) is 0 Å². The molecule has 0 aromatic heterocycles. The number of nitrogens with two attached hydrogens (primary N) is 1. The number of nitrogens with one attached hydrogen (secondary N) is 4. The standard InChI is InChI=1S/C24H37N5O7/c1-14(30)20(29-21(32)17-6-4-12-26-17)23(34)27-18(5-2-3-11-25)22(33)28-19(24(35)36)13-15-7-9-16(31)10-8-15/h7-10,14,17-20,26,30-31H,2-6,11-13,25H2,1H3,(H,27,34)(H,28,33)(H,29,32)(H,35,36). The molecule has 5 atom stereocenters. The van der Waals surface area contributed by atoms with E-state index in [-0.39, 0.29) is 18.6 Å². The molecule has 200 valence electrons. The third-order valence-corrected chi connectivity index (χ3v) is 6.01. The molecule has 0 aliphatic carbocycles. The van der Waals surface area contributed by atoms with Crippen molar-refractivity contribution in [1.29, 1.82) is 0 Å². The molecule has 3 amide bonds. The molecule has 0 radical (unpaired) electrons. The Kier molecular flexibility index (Phi) is 11.6. The topological polar surface area (TPSA) is 203 Å². The third-order valence-electron chi connectivity index (χ3n) is 6.01. The fourth-order valence-electron chi connectivity index (χ4n) is 3.93. The molecule has 12 heteroatoms. The molecule has 5 unspecified atom stereocenters. The van der Waals surface area contributed by atoms with Gasteiger partial charge in [-0.15, -0.1) is 0 Å². The monoisotopic (exact) mass is 507 g/mol. The van der Waals surface area contributed by atoms with Gasteiger partial charge in [0.1, 0.15) is 23.9 Å². The van der Waals surface area contributed by atoms with Crippen LogP contribution in [0.4, 0.5) is 0 Å². The number of aliphatic hydroxyl groups is 1. The number of amides is 3. The summed E-state index contributed by atoms with van der Waals surface area (Å²) in [4.78, 5) is 50.3. The average Bonchev–Trinajstić information content (AvgIpc) is 3.37. The van der Waals surface area contributed by atoms with Gasteiger partial charge in [0.05, 0.1) is 12.1 Å². The van der Waals surface area contributed by atoms with Gasteiger partial charge in [0.2, 0.25) is 17.7 Å². The van der Waals surface area contributed by atoms with Crippen molar-refractivity contribution >= 4 is 23.7 Å². The van der Waals surface area contributed by atoms with E-state index in [1.807, 2.05) is 0 Å². The molecular formula is C24H37N5O7. The van der Waals surface area contributed by atoms with Crippen LogP contribution in [-0.2, 0) is 25.6 Å². The molecule has 1 aromatic carbocycles. The van der Waals surface area contributed by atoms with Crippen LogP contribution >= 0.6 is 0 Å². The molecule has 0 spiro atoms. The number of carboxylic acids is 1. The summed E-state index contributed by atoms with van der Waals surface area (Å²) >= 11 is 0. The van der Waals surface area contributed by atoms with E-state index in [1.165, 1.54) is 19.1 Å². The Balaban J connectivity index is 2.10. The highest BCUT2D eigenvalue weighted by molar-refractivity contribution is 5.94. The molecule has 0 saturated carbocycles. The maximum Gasteiger partial charge on any atom is 0.326 e. The minimum Gasteiger partial charge on any atom is -0.508 e. The number of benzene rings is 1. The number of hydrogen-bond donors (Lipinski definition) is 8. The zero-order valence-electron chi connectivity index (χ0n) is 20.4. The number of hydrogen-bond acceptors (Lipinski definition) is 8. The lowest BCUT2D eigenvalue weighted by Crippen LogP contribution is -2.59. The summed E-state index contributed by atoms with van der Waals surface area (Å²) in [6, 6.07) is 1.79. The number of aliphatic hydroxyl groups excluding tert-OH is 1. The average molecular weight is 508 g/mol. The Morgan fingerprint density at radius 1 is 1.06 bits per heavy atom. The van der Waals surface area contributed by atoms with E-state index in [1.54, 1.807) is 12.1 Å². The van der Waals surface area contributed by atoms with Crippen molar-refractivity contribution in [3.8, 4) is 5.75 Å². The van der Waals surface area contributed by atoms with Crippen LogP contribution in [0.25, 0.3) is 0 Å². The fourth-order valence-corrected chi connectivity index (χ4v) is 3.93. The second-order valence-electron chi connectivity index (χ2n) is 8.99. The molecule has 2 rings (SSSR count). The Labute approximate surface area is 210 Å². The quantitative estimate of drug-likeness (QED) is 0.141. The van der Waals surface area contributed by atoms with Crippen LogP contribution in [-0.4, -0.2) is 82.4 Å². The maximum atomic E-state index is 13.0. The van der Waals surface area contributed by atoms with Gasteiger partial charge in [-0.2, -0.15) is 0 Å². The lowest BCUT2D eigenvalue weighted by Gasteiger charge is -2.26.